The molecule has 1 aromatic carbocycles. The Hall–Kier alpha value is -1.62. The lowest BCUT2D eigenvalue weighted by Crippen LogP contribution is -2.37. The summed E-state index contributed by atoms with van der Waals surface area (Å²) in [5.41, 5.74) is 0.613. The highest BCUT2D eigenvalue weighted by molar-refractivity contribution is 5.77. The molecule has 0 aliphatic carbocycles. The van der Waals surface area contributed by atoms with E-state index < -0.39 is 5.82 Å². The topological polar surface area (TPSA) is 52.6 Å². The molecule has 0 aliphatic heterocycles. The molecule has 1 atom stereocenters. The van der Waals surface area contributed by atoms with Crippen molar-refractivity contribution < 1.29 is 14.3 Å². The Labute approximate surface area is 106 Å². The normalized spacial score (nSPS) is 12.5. The molecule has 0 aliphatic rings. The van der Waals surface area contributed by atoms with Gasteiger partial charge in [-0.1, -0.05) is 13.0 Å². The number of hydrogen-bond acceptors (Lipinski definition) is 3. The summed E-state index contributed by atoms with van der Waals surface area (Å²) in [6.45, 7) is 4.70. The average Bonchev–Trinajstić information content (AvgIpc) is 2.34. The third-order valence-electron chi connectivity index (χ3n) is 3.02. The van der Waals surface area contributed by atoms with Crippen molar-refractivity contribution in [2.24, 2.45) is 0 Å². The van der Waals surface area contributed by atoms with Gasteiger partial charge in [0.05, 0.1) is 6.54 Å². The maximum Gasteiger partial charge on any atom is 0.233 e. The molecule has 0 radical (unpaired) electrons. The van der Waals surface area contributed by atoms with E-state index in [9.17, 15) is 14.3 Å². The van der Waals surface area contributed by atoms with Crippen LogP contribution in [0.1, 0.15) is 25.5 Å². The van der Waals surface area contributed by atoms with E-state index in [0.29, 0.717) is 12.1 Å². The van der Waals surface area contributed by atoms with Gasteiger partial charge in [-0.05, 0) is 19.5 Å². The number of rotatable bonds is 5. The number of nitrogens with one attached hydrogen (secondary N) is 1. The van der Waals surface area contributed by atoms with Gasteiger partial charge in [-0.15, -0.1) is 0 Å². The van der Waals surface area contributed by atoms with E-state index in [1.165, 1.54) is 6.07 Å². The fourth-order valence-electron chi connectivity index (χ4n) is 1.85. The van der Waals surface area contributed by atoms with E-state index in [0.717, 1.165) is 6.07 Å². The van der Waals surface area contributed by atoms with Crippen molar-refractivity contribution in [3.8, 4) is 5.75 Å². The first-order chi connectivity index (χ1) is 8.49. The van der Waals surface area contributed by atoms with Crippen molar-refractivity contribution in [1.82, 2.24) is 10.2 Å². The van der Waals surface area contributed by atoms with E-state index in [-0.39, 0.29) is 24.2 Å². The van der Waals surface area contributed by atoms with Crippen molar-refractivity contribution in [2.45, 2.75) is 19.9 Å². The molecular weight excluding hydrogens is 235 g/mol. The molecule has 0 spiro atoms. The molecule has 5 heteroatoms. The van der Waals surface area contributed by atoms with Crippen LogP contribution in [-0.2, 0) is 4.79 Å². The van der Waals surface area contributed by atoms with Crippen LogP contribution in [0.5, 0.6) is 5.75 Å². The first-order valence-corrected chi connectivity index (χ1v) is 5.92. The number of likely N-dealkylation sites (N-methyl/N-ethyl adjacent to an activating group) is 2. The zero-order valence-electron chi connectivity index (χ0n) is 10.9. The summed E-state index contributed by atoms with van der Waals surface area (Å²) in [5.74, 6) is -0.652. The Morgan fingerprint density at radius 3 is 2.72 bits per heavy atom. The number of phenolic OH excluding ortho intramolecular Hbond substituents is 1. The van der Waals surface area contributed by atoms with Gasteiger partial charge in [0.1, 0.15) is 11.6 Å². The molecule has 0 saturated carbocycles. The first-order valence-electron chi connectivity index (χ1n) is 5.92. The van der Waals surface area contributed by atoms with Gasteiger partial charge in [-0.3, -0.25) is 9.69 Å². The third-order valence-corrected chi connectivity index (χ3v) is 3.02. The highest BCUT2D eigenvalue weighted by Gasteiger charge is 2.19. The number of carbonyl (C=O) groups is 1. The molecule has 2 N–H and O–H groups in total. The maximum absolute atomic E-state index is 12.9. The molecule has 0 bridgehead atoms. The van der Waals surface area contributed by atoms with Crippen molar-refractivity contribution in [1.29, 1.82) is 0 Å². The molecular formula is C13H19FN2O2. The van der Waals surface area contributed by atoms with Gasteiger partial charge in [0, 0.05) is 24.7 Å². The fraction of sp³-hybridized carbons (Fsp3) is 0.462. The predicted molar refractivity (Wildman–Crippen MR) is 67.8 cm³/mol. The van der Waals surface area contributed by atoms with Gasteiger partial charge in [0.2, 0.25) is 5.91 Å². The molecule has 1 amide bonds. The summed E-state index contributed by atoms with van der Waals surface area (Å²) in [7, 11) is 1.58. The van der Waals surface area contributed by atoms with Crippen LogP contribution in [0, 0.1) is 5.82 Å². The second kappa shape index (κ2) is 6.35. The smallest absolute Gasteiger partial charge is 0.233 e. The maximum atomic E-state index is 12.9. The SMILES string of the molecule is CCN(CC(=O)NC)C(C)c1ccc(F)cc1O. The monoisotopic (exact) mass is 254 g/mol. The van der Waals surface area contributed by atoms with E-state index in [1.807, 2.05) is 18.7 Å². The Bertz CT molecular complexity index is 423. The Kier molecular flexibility index (Phi) is 5.09. The minimum atomic E-state index is -0.474. The number of carbonyl (C=O) groups excluding carboxylic acids is 1. The van der Waals surface area contributed by atoms with Crippen molar-refractivity contribution in [2.75, 3.05) is 20.1 Å². The lowest BCUT2D eigenvalue weighted by molar-refractivity contribution is -0.122. The lowest BCUT2D eigenvalue weighted by atomic mass is 10.1. The van der Waals surface area contributed by atoms with Gasteiger partial charge in [0.15, 0.2) is 0 Å². The standard InChI is InChI=1S/C13H19FN2O2/c1-4-16(8-13(18)15-3)9(2)11-6-5-10(14)7-12(11)17/h5-7,9,17H,4,8H2,1-3H3,(H,15,18). The average molecular weight is 254 g/mol. The van der Waals surface area contributed by atoms with Crippen LogP contribution in [0.15, 0.2) is 18.2 Å². The van der Waals surface area contributed by atoms with Crippen LogP contribution in [0.3, 0.4) is 0 Å². The fourth-order valence-corrected chi connectivity index (χ4v) is 1.85. The molecule has 100 valence electrons. The second-order valence-electron chi connectivity index (χ2n) is 4.12. The zero-order valence-corrected chi connectivity index (χ0v) is 10.9. The van der Waals surface area contributed by atoms with E-state index in [2.05, 4.69) is 5.32 Å². The number of halogens is 1. The molecule has 4 nitrogen and oxygen atoms in total. The van der Waals surface area contributed by atoms with Crippen LogP contribution in [0.2, 0.25) is 0 Å². The predicted octanol–water partition coefficient (Wildman–Crippen LogP) is 1.66. The highest BCUT2D eigenvalue weighted by atomic mass is 19.1. The minimum absolute atomic E-state index is 0.0853. The Morgan fingerprint density at radius 2 is 2.22 bits per heavy atom. The summed E-state index contributed by atoms with van der Waals surface area (Å²) < 4.78 is 12.9. The van der Waals surface area contributed by atoms with Crippen molar-refractivity contribution >= 4 is 5.91 Å². The van der Waals surface area contributed by atoms with Gasteiger partial charge in [0.25, 0.3) is 0 Å². The number of hydrogen-bond donors (Lipinski definition) is 2. The van der Waals surface area contributed by atoms with Gasteiger partial charge < -0.3 is 10.4 Å². The number of benzene rings is 1. The molecule has 1 rings (SSSR count). The molecule has 1 aromatic rings. The number of nitrogens with zero attached hydrogens (tertiary/aromatic N) is 1. The Balaban J connectivity index is 2.89. The van der Waals surface area contributed by atoms with Crippen LogP contribution in [-0.4, -0.2) is 36.1 Å². The quantitative estimate of drug-likeness (QED) is 0.840. The minimum Gasteiger partial charge on any atom is -0.508 e. The van der Waals surface area contributed by atoms with Crippen LogP contribution >= 0.6 is 0 Å². The van der Waals surface area contributed by atoms with Gasteiger partial charge in [-0.25, -0.2) is 4.39 Å². The third kappa shape index (κ3) is 3.43. The Morgan fingerprint density at radius 1 is 1.56 bits per heavy atom. The summed E-state index contributed by atoms with van der Waals surface area (Å²) in [6, 6.07) is 3.77. The summed E-state index contributed by atoms with van der Waals surface area (Å²) >= 11 is 0. The van der Waals surface area contributed by atoms with Crippen LogP contribution < -0.4 is 5.32 Å². The summed E-state index contributed by atoms with van der Waals surface area (Å²) in [6.07, 6.45) is 0. The first kappa shape index (κ1) is 14.4. The number of aromatic hydroxyl groups is 1. The molecule has 18 heavy (non-hydrogen) atoms. The summed E-state index contributed by atoms with van der Waals surface area (Å²) in [5, 5.41) is 12.3. The van der Waals surface area contributed by atoms with Crippen LogP contribution in [0.25, 0.3) is 0 Å². The van der Waals surface area contributed by atoms with E-state index in [1.54, 1.807) is 13.1 Å². The number of amides is 1. The molecule has 1 unspecified atom stereocenters. The number of phenols is 1. The summed E-state index contributed by atoms with van der Waals surface area (Å²) in [4.78, 5) is 13.3. The molecule has 0 fully saturated rings. The van der Waals surface area contributed by atoms with Crippen molar-refractivity contribution in [3.05, 3.63) is 29.6 Å². The second-order valence-corrected chi connectivity index (χ2v) is 4.12. The highest BCUT2D eigenvalue weighted by Crippen LogP contribution is 2.28. The van der Waals surface area contributed by atoms with Gasteiger partial charge >= 0.3 is 0 Å². The molecule has 0 aromatic heterocycles. The van der Waals surface area contributed by atoms with Crippen LogP contribution in [0.4, 0.5) is 4.39 Å². The van der Waals surface area contributed by atoms with Crippen molar-refractivity contribution in [3.63, 3.8) is 0 Å². The van der Waals surface area contributed by atoms with E-state index >= 15 is 0 Å². The molecule has 0 saturated heterocycles. The lowest BCUT2D eigenvalue weighted by Gasteiger charge is -2.27. The zero-order chi connectivity index (χ0) is 13.7. The largest absolute Gasteiger partial charge is 0.508 e. The van der Waals surface area contributed by atoms with E-state index in [4.69, 9.17) is 0 Å². The van der Waals surface area contributed by atoms with Gasteiger partial charge in [-0.2, -0.15) is 0 Å². The molecule has 0 heterocycles.